The zero-order chi connectivity index (χ0) is 14.4. The number of benzene rings is 1. The number of carbonyl (C=O) groups is 1. The molecule has 2 rings (SSSR count). The Morgan fingerprint density at radius 3 is 2.70 bits per heavy atom. The summed E-state index contributed by atoms with van der Waals surface area (Å²) in [4.78, 5) is 20.2. The smallest absolute Gasteiger partial charge is 0.345 e. The Kier molecular flexibility index (Phi) is 4.95. The van der Waals surface area contributed by atoms with Crippen molar-refractivity contribution in [3.63, 3.8) is 0 Å². The van der Waals surface area contributed by atoms with Crippen molar-refractivity contribution in [2.24, 2.45) is 0 Å². The van der Waals surface area contributed by atoms with Crippen molar-refractivity contribution in [1.29, 1.82) is 0 Å². The SMILES string of the molecule is CCOC(=O)c1cnc(SC)nc1Oc1ccccc1. The van der Waals surface area contributed by atoms with Crippen LogP contribution < -0.4 is 4.74 Å². The van der Waals surface area contributed by atoms with Gasteiger partial charge in [0.05, 0.1) is 6.61 Å². The van der Waals surface area contributed by atoms with Gasteiger partial charge in [-0.05, 0) is 25.3 Å². The summed E-state index contributed by atoms with van der Waals surface area (Å²) in [6.45, 7) is 2.03. The van der Waals surface area contributed by atoms with Gasteiger partial charge in [0.1, 0.15) is 11.3 Å². The van der Waals surface area contributed by atoms with Crippen LogP contribution in [0.4, 0.5) is 0 Å². The van der Waals surface area contributed by atoms with Gasteiger partial charge in [0.25, 0.3) is 0 Å². The Hall–Kier alpha value is -2.08. The molecule has 104 valence electrons. The third kappa shape index (κ3) is 3.48. The summed E-state index contributed by atoms with van der Waals surface area (Å²) in [7, 11) is 0. The molecule has 1 heterocycles. The third-order valence-corrected chi connectivity index (χ3v) is 2.93. The highest BCUT2D eigenvalue weighted by molar-refractivity contribution is 7.98. The molecule has 2 aromatic rings. The molecular formula is C14H14N2O3S. The lowest BCUT2D eigenvalue weighted by Crippen LogP contribution is -2.09. The van der Waals surface area contributed by atoms with Crippen LogP contribution in [0.1, 0.15) is 17.3 Å². The molecule has 0 aliphatic rings. The maximum absolute atomic E-state index is 11.9. The zero-order valence-corrected chi connectivity index (χ0v) is 12.0. The van der Waals surface area contributed by atoms with Gasteiger partial charge in [0.2, 0.25) is 5.88 Å². The molecule has 0 radical (unpaired) electrons. The Balaban J connectivity index is 2.34. The van der Waals surface area contributed by atoms with Gasteiger partial charge in [-0.15, -0.1) is 0 Å². The average Bonchev–Trinajstić information content (AvgIpc) is 2.48. The summed E-state index contributed by atoms with van der Waals surface area (Å²) in [5.41, 5.74) is 0.216. The number of aromatic nitrogens is 2. The van der Waals surface area contributed by atoms with Gasteiger partial charge in [0, 0.05) is 6.20 Å². The Morgan fingerprint density at radius 1 is 1.30 bits per heavy atom. The van der Waals surface area contributed by atoms with Crippen LogP contribution in [0.25, 0.3) is 0 Å². The van der Waals surface area contributed by atoms with Gasteiger partial charge in [-0.2, -0.15) is 4.98 Å². The Labute approximate surface area is 121 Å². The number of nitrogens with zero attached hydrogens (tertiary/aromatic N) is 2. The van der Waals surface area contributed by atoms with Gasteiger partial charge >= 0.3 is 5.97 Å². The first-order chi connectivity index (χ1) is 9.74. The van der Waals surface area contributed by atoms with E-state index in [9.17, 15) is 4.79 Å². The quantitative estimate of drug-likeness (QED) is 0.479. The molecule has 0 spiro atoms. The largest absolute Gasteiger partial charge is 0.462 e. The second-order valence-electron chi connectivity index (χ2n) is 3.71. The Morgan fingerprint density at radius 2 is 2.05 bits per heavy atom. The van der Waals surface area contributed by atoms with Crippen molar-refractivity contribution in [3.8, 4) is 11.6 Å². The van der Waals surface area contributed by atoms with E-state index in [1.54, 1.807) is 19.1 Å². The molecular weight excluding hydrogens is 276 g/mol. The first-order valence-corrected chi connectivity index (χ1v) is 7.28. The number of hydrogen-bond acceptors (Lipinski definition) is 6. The van der Waals surface area contributed by atoms with Crippen molar-refractivity contribution in [2.45, 2.75) is 12.1 Å². The number of rotatable bonds is 5. The van der Waals surface area contributed by atoms with E-state index >= 15 is 0 Å². The van der Waals surface area contributed by atoms with Crippen LogP contribution in [-0.4, -0.2) is 28.8 Å². The summed E-state index contributed by atoms with van der Waals surface area (Å²) in [5.74, 6) is 0.309. The van der Waals surface area contributed by atoms with Crippen LogP contribution in [-0.2, 0) is 4.74 Å². The molecule has 0 aliphatic carbocycles. The molecule has 1 aromatic heterocycles. The molecule has 0 bridgehead atoms. The molecule has 0 fully saturated rings. The molecule has 0 N–H and O–H groups in total. The van der Waals surface area contributed by atoms with Crippen LogP contribution in [0.5, 0.6) is 11.6 Å². The van der Waals surface area contributed by atoms with Gasteiger partial charge in [-0.3, -0.25) is 0 Å². The number of esters is 1. The van der Waals surface area contributed by atoms with E-state index in [0.29, 0.717) is 10.9 Å². The van der Waals surface area contributed by atoms with Crippen LogP contribution in [0.15, 0.2) is 41.7 Å². The van der Waals surface area contributed by atoms with Crippen molar-refractivity contribution >= 4 is 17.7 Å². The maximum Gasteiger partial charge on any atom is 0.345 e. The zero-order valence-electron chi connectivity index (χ0n) is 11.2. The summed E-state index contributed by atoms with van der Waals surface area (Å²) in [6.07, 6.45) is 3.28. The van der Waals surface area contributed by atoms with Gasteiger partial charge < -0.3 is 9.47 Å². The summed E-state index contributed by atoms with van der Waals surface area (Å²) in [6, 6.07) is 9.14. The van der Waals surface area contributed by atoms with E-state index in [0.717, 1.165) is 0 Å². The number of carbonyl (C=O) groups excluding carboxylic acids is 1. The molecule has 20 heavy (non-hydrogen) atoms. The highest BCUT2D eigenvalue weighted by Gasteiger charge is 2.17. The standard InChI is InChI=1S/C14H14N2O3S/c1-3-18-13(17)11-9-15-14(20-2)16-12(11)19-10-7-5-4-6-8-10/h4-9H,3H2,1-2H3. The van der Waals surface area contributed by atoms with Crippen molar-refractivity contribution in [2.75, 3.05) is 12.9 Å². The van der Waals surface area contributed by atoms with Gasteiger partial charge in [0.15, 0.2) is 5.16 Å². The molecule has 0 saturated carbocycles. The van der Waals surface area contributed by atoms with Crippen LogP contribution in [0, 0.1) is 0 Å². The molecule has 0 atom stereocenters. The fourth-order valence-corrected chi connectivity index (χ4v) is 1.81. The number of thioether (sulfide) groups is 1. The highest BCUT2D eigenvalue weighted by Crippen LogP contribution is 2.25. The fraction of sp³-hybridized carbons (Fsp3) is 0.214. The highest BCUT2D eigenvalue weighted by atomic mass is 32.2. The molecule has 0 unspecified atom stereocenters. The number of hydrogen-bond donors (Lipinski definition) is 0. The van der Waals surface area contributed by atoms with E-state index in [-0.39, 0.29) is 18.1 Å². The third-order valence-electron chi connectivity index (χ3n) is 2.37. The van der Waals surface area contributed by atoms with E-state index < -0.39 is 5.97 Å². The van der Waals surface area contributed by atoms with Crippen molar-refractivity contribution in [3.05, 3.63) is 42.1 Å². The minimum atomic E-state index is -0.494. The van der Waals surface area contributed by atoms with E-state index in [1.165, 1.54) is 18.0 Å². The van der Waals surface area contributed by atoms with Crippen molar-refractivity contribution in [1.82, 2.24) is 9.97 Å². The molecule has 0 saturated heterocycles. The summed E-state index contributed by atoms with van der Waals surface area (Å²) < 4.78 is 10.6. The predicted molar refractivity (Wildman–Crippen MR) is 76.3 cm³/mol. The lowest BCUT2D eigenvalue weighted by molar-refractivity contribution is 0.0522. The normalized spacial score (nSPS) is 10.1. The fourth-order valence-electron chi connectivity index (χ4n) is 1.48. The second-order valence-corrected chi connectivity index (χ2v) is 4.48. The number of ether oxygens (including phenoxy) is 2. The second kappa shape index (κ2) is 6.91. The van der Waals surface area contributed by atoms with Crippen LogP contribution >= 0.6 is 11.8 Å². The van der Waals surface area contributed by atoms with E-state index in [1.807, 2.05) is 24.5 Å². The van der Waals surface area contributed by atoms with Crippen LogP contribution in [0.2, 0.25) is 0 Å². The van der Waals surface area contributed by atoms with Gasteiger partial charge in [-0.25, -0.2) is 9.78 Å². The number of para-hydroxylation sites is 1. The maximum atomic E-state index is 11.9. The lowest BCUT2D eigenvalue weighted by Gasteiger charge is -2.09. The summed E-state index contributed by atoms with van der Waals surface area (Å²) in [5, 5.41) is 0.531. The topological polar surface area (TPSA) is 61.3 Å². The first-order valence-electron chi connectivity index (χ1n) is 6.05. The van der Waals surface area contributed by atoms with E-state index in [2.05, 4.69) is 9.97 Å². The first kappa shape index (κ1) is 14.3. The molecule has 0 amide bonds. The summed E-state index contributed by atoms with van der Waals surface area (Å²) >= 11 is 1.37. The van der Waals surface area contributed by atoms with Crippen molar-refractivity contribution < 1.29 is 14.3 Å². The minimum Gasteiger partial charge on any atom is -0.462 e. The predicted octanol–water partition coefficient (Wildman–Crippen LogP) is 3.17. The molecule has 0 aliphatic heterocycles. The van der Waals surface area contributed by atoms with Crippen LogP contribution in [0.3, 0.4) is 0 Å². The average molecular weight is 290 g/mol. The monoisotopic (exact) mass is 290 g/mol. The minimum absolute atomic E-state index is 0.203. The molecule has 5 nitrogen and oxygen atoms in total. The Bertz CT molecular complexity index is 590. The molecule has 1 aromatic carbocycles. The van der Waals surface area contributed by atoms with E-state index in [4.69, 9.17) is 9.47 Å². The van der Waals surface area contributed by atoms with Gasteiger partial charge in [-0.1, -0.05) is 30.0 Å². The molecule has 6 heteroatoms. The lowest BCUT2D eigenvalue weighted by atomic mass is 10.3.